The van der Waals surface area contributed by atoms with Gasteiger partial charge in [-0.25, -0.2) is 13.2 Å². The average molecular weight is 324 g/mol. The Bertz CT molecular complexity index is 593. The predicted octanol–water partition coefficient (Wildman–Crippen LogP) is 2.25. The second-order valence-electron chi connectivity index (χ2n) is 3.58. The molecule has 1 aromatic rings. The third-order valence-corrected chi connectivity index (χ3v) is 4.99. The summed E-state index contributed by atoms with van der Waals surface area (Å²) < 4.78 is 25.4. The zero-order valence-electron chi connectivity index (χ0n) is 9.88. The molecule has 1 aromatic carbocycles. The van der Waals surface area contributed by atoms with Crippen LogP contribution in [0.1, 0.15) is 0 Å². The summed E-state index contributed by atoms with van der Waals surface area (Å²) in [5.74, 6) is -1.15. The van der Waals surface area contributed by atoms with Gasteiger partial charge in [0.15, 0.2) is 0 Å². The maximum Gasteiger partial charge on any atom is 0.328 e. The van der Waals surface area contributed by atoms with Crippen LogP contribution < -0.4 is 0 Å². The first-order chi connectivity index (χ1) is 8.76. The molecule has 0 amide bonds. The Labute approximate surface area is 121 Å². The van der Waals surface area contributed by atoms with E-state index < -0.39 is 16.0 Å². The minimum absolute atomic E-state index is 0.0153. The van der Waals surface area contributed by atoms with Crippen molar-refractivity contribution in [2.45, 2.75) is 4.90 Å². The number of carboxylic acid groups (broad SMARTS) is 1. The van der Waals surface area contributed by atoms with Crippen LogP contribution in [0.2, 0.25) is 10.0 Å². The summed E-state index contributed by atoms with van der Waals surface area (Å²) >= 11 is 11.7. The van der Waals surface area contributed by atoms with Gasteiger partial charge in [0.25, 0.3) is 0 Å². The number of hydrogen-bond donors (Lipinski definition) is 1. The van der Waals surface area contributed by atoms with Crippen molar-refractivity contribution < 1.29 is 18.3 Å². The van der Waals surface area contributed by atoms with Gasteiger partial charge in [-0.1, -0.05) is 35.3 Å². The monoisotopic (exact) mass is 323 g/mol. The molecule has 0 saturated carbocycles. The number of benzene rings is 1. The van der Waals surface area contributed by atoms with E-state index in [9.17, 15) is 13.2 Å². The second-order valence-corrected chi connectivity index (χ2v) is 6.37. The lowest BCUT2D eigenvalue weighted by molar-refractivity contribution is -0.131. The minimum atomic E-state index is -3.87. The summed E-state index contributed by atoms with van der Waals surface area (Å²) in [6.45, 7) is -0.101. The molecule has 104 valence electrons. The molecule has 0 radical (unpaired) electrons. The van der Waals surface area contributed by atoms with Gasteiger partial charge in [0.2, 0.25) is 10.0 Å². The molecule has 0 aliphatic heterocycles. The summed E-state index contributed by atoms with van der Waals surface area (Å²) in [6.07, 6.45) is 2.07. The van der Waals surface area contributed by atoms with Crippen LogP contribution in [0.4, 0.5) is 0 Å². The fourth-order valence-corrected chi connectivity index (χ4v) is 3.49. The zero-order chi connectivity index (χ0) is 14.6. The Morgan fingerprint density at radius 3 is 2.37 bits per heavy atom. The Hall–Kier alpha value is -1.08. The van der Waals surface area contributed by atoms with Gasteiger partial charge in [0, 0.05) is 19.7 Å². The number of halogens is 2. The predicted molar refractivity (Wildman–Crippen MR) is 73.1 cm³/mol. The molecule has 1 N–H and O–H groups in total. The van der Waals surface area contributed by atoms with Crippen LogP contribution in [0, 0.1) is 0 Å². The Morgan fingerprint density at radius 1 is 1.37 bits per heavy atom. The topological polar surface area (TPSA) is 74.7 Å². The highest BCUT2D eigenvalue weighted by molar-refractivity contribution is 7.89. The van der Waals surface area contributed by atoms with Gasteiger partial charge < -0.3 is 5.11 Å². The maximum atomic E-state index is 12.2. The molecule has 0 atom stereocenters. The minimum Gasteiger partial charge on any atom is -0.478 e. The Morgan fingerprint density at radius 2 is 1.89 bits per heavy atom. The van der Waals surface area contributed by atoms with Crippen molar-refractivity contribution >= 4 is 39.2 Å². The molecule has 5 nitrogen and oxygen atoms in total. The molecule has 0 unspecified atom stereocenters. The number of aliphatic carboxylic acids is 1. The van der Waals surface area contributed by atoms with Crippen molar-refractivity contribution in [1.82, 2.24) is 4.31 Å². The number of likely N-dealkylation sites (N-methyl/N-ethyl adjacent to an activating group) is 1. The van der Waals surface area contributed by atoms with Crippen molar-refractivity contribution in [3.05, 3.63) is 40.4 Å². The molecule has 19 heavy (non-hydrogen) atoms. The third-order valence-electron chi connectivity index (χ3n) is 2.21. The molecular formula is C11H11Cl2NO4S. The van der Waals surface area contributed by atoms with E-state index >= 15 is 0 Å². The first-order valence-electron chi connectivity index (χ1n) is 5.06. The van der Waals surface area contributed by atoms with Gasteiger partial charge in [-0.15, -0.1) is 0 Å². The van der Waals surface area contributed by atoms with Crippen LogP contribution in [0.5, 0.6) is 0 Å². The molecule has 0 heterocycles. The van der Waals surface area contributed by atoms with Gasteiger partial charge in [0.05, 0.1) is 10.0 Å². The highest BCUT2D eigenvalue weighted by Crippen LogP contribution is 2.30. The van der Waals surface area contributed by atoms with Crippen LogP contribution >= 0.6 is 23.2 Å². The largest absolute Gasteiger partial charge is 0.478 e. The van der Waals surface area contributed by atoms with Crippen LogP contribution in [-0.2, 0) is 14.8 Å². The maximum absolute atomic E-state index is 12.2. The first-order valence-corrected chi connectivity index (χ1v) is 7.26. The van der Waals surface area contributed by atoms with E-state index in [1.807, 2.05) is 0 Å². The number of nitrogens with zero attached hydrogens (tertiary/aromatic N) is 1. The molecule has 0 spiro atoms. The van der Waals surface area contributed by atoms with Gasteiger partial charge in [-0.05, 0) is 12.1 Å². The van der Waals surface area contributed by atoms with Crippen molar-refractivity contribution in [1.29, 1.82) is 0 Å². The van der Waals surface area contributed by atoms with Crippen molar-refractivity contribution in [3.8, 4) is 0 Å². The lowest BCUT2D eigenvalue weighted by Gasteiger charge is -2.17. The van der Waals surface area contributed by atoms with Crippen LogP contribution in [0.15, 0.2) is 35.2 Å². The number of sulfonamides is 1. The lowest BCUT2D eigenvalue weighted by atomic mass is 10.4. The van der Waals surface area contributed by atoms with Crippen molar-refractivity contribution in [2.24, 2.45) is 0 Å². The van der Waals surface area contributed by atoms with Crippen LogP contribution in [0.3, 0.4) is 0 Å². The first kappa shape index (κ1) is 16.0. The number of hydrogen-bond acceptors (Lipinski definition) is 3. The lowest BCUT2D eigenvalue weighted by Crippen LogP contribution is -2.27. The Kier molecular flexibility index (Phi) is 5.37. The second kappa shape index (κ2) is 6.38. The summed E-state index contributed by atoms with van der Waals surface area (Å²) in [6, 6.07) is 4.37. The molecular weight excluding hydrogens is 313 g/mol. The number of rotatable bonds is 5. The van der Waals surface area contributed by atoms with E-state index in [1.165, 1.54) is 31.3 Å². The van der Waals surface area contributed by atoms with E-state index in [0.717, 1.165) is 10.4 Å². The van der Waals surface area contributed by atoms with Crippen LogP contribution in [0.25, 0.3) is 0 Å². The molecule has 1 rings (SSSR count). The van der Waals surface area contributed by atoms with E-state index in [-0.39, 0.29) is 21.5 Å². The summed E-state index contributed by atoms with van der Waals surface area (Å²) in [5, 5.41) is 8.47. The highest BCUT2D eigenvalue weighted by Gasteiger charge is 2.25. The van der Waals surface area contributed by atoms with Gasteiger partial charge in [-0.3, -0.25) is 0 Å². The summed E-state index contributed by atoms with van der Waals surface area (Å²) in [5.41, 5.74) is 0. The molecule has 0 saturated heterocycles. The van der Waals surface area contributed by atoms with E-state index in [1.54, 1.807) is 0 Å². The van der Waals surface area contributed by atoms with Crippen LogP contribution in [-0.4, -0.2) is 37.4 Å². The standard InChI is InChI=1S/C11H11Cl2NO4S/c1-14(7-3-6-10(15)16)19(17,18)11-8(12)4-2-5-9(11)13/h2-6H,7H2,1H3,(H,15,16)/b6-3+. The van der Waals surface area contributed by atoms with Crippen molar-refractivity contribution in [2.75, 3.05) is 13.6 Å². The normalized spacial score (nSPS) is 12.2. The number of carboxylic acids is 1. The summed E-state index contributed by atoms with van der Waals surface area (Å²) in [4.78, 5) is 10.1. The smallest absolute Gasteiger partial charge is 0.328 e. The molecule has 8 heteroatoms. The fraction of sp³-hybridized carbons (Fsp3) is 0.182. The summed E-state index contributed by atoms with van der Waals surface area (Å²) in [7, 11) is -2.57. The van der Waals surface area contributed by atoms with E-state index in [2.05, 4.69) is 0 Å². The van der Waals surface area contributed by atoms with Gasteiger partial charge in [0.1, 0.15) is 4.90 Å². The molecule has 0 aromatic heterocycles. The molecule has 0 aliphatic carbocycles. The van der Waals surface area contributed by atoms with Gasteiger partial charge >= 0.3 is 5.97 Å². The highest BCUT2D eigenvalue weighted by atomic mass is 35.5. The third kappa shape index (κ3) is 3.94. The SMILES string of the molecule is CN(C/C=C/C(=O)O)S(=O)(=O)c1c(Cl)cccc1Cl. The quantitative estimate of drug-likeness (QED) is 0.843. The molecule has 0 aliphatic rings. The number of carbonyl (C=O) groups is 1. The molecule has 0 fully saturated rings. The zero-order valence-corrected chi connectivity index (χ0v) is 12.2. The average Bonchev–Trinajstić information content (AvgIpc) is 2.27. The van der Waals surface area contributed by atoms with Crippen molar-refractivity contribution in [3.63, 3.8) is 0 Å². The fourth-order valence-electron chi connectivity index (χ4n) is 1.28. The molecule has 0 bridgehead atoms. The van der Waals surface area contributed by atoms with Gasteiger partial charge in [-0.2, -0.15) is 4.31 Å². The van der Waals surface area contributed by atoms with E-state index in [4.69, 9.17) is 28.3 Å². The Balaban J connectivity index is 3.07. The van der Waals surface area contributed by atoms with E-state index in [0.29, 0.717) is 0 Å².